The van der Waals surface area contributed by atoms with Gasteiger partial charge >= 0.3 is 0 Å². The van der Waals surface area contributed by atoms with E-state index >= 15 is 0 Å². The predicted molar refractivity (Wildman–Crippen MR) is 70.2 cm³/mol. The van der Waals surface area contributed by atoms with Gasteiger partial charge in [0.05, 0.1) is 0 Å². The molecule has 3 unspecified atom stereocenters. The van der Waals surface area contributed by atoms with Gasteiger partial charge in [0.25, 0.3) is 0 Å². The molecule has 88 valence electrons. The van der Waals surface area contributed by atoms with Crippen LogP contribution in [0.1, 0.15) is 40.0 Å². The molecule has 2 rings (SSSR count). The van der Waals surface area contributed by atoms with E-state index in [-0.39, 0.29) is 10.8 Å². The summed E-state index contributed by atoms with van der Waals surface area (Å²) in [7, 11) is 0. The Morgan fingerprint density at radius 3 is 2.07 bits per heavy atom. The average Bonchev–Trinajstić information content (AvgIpc) is 2.34. The summed E-state index contributed by atoms with van der Waals surface area (Å²) in [5.74, 6) is 0.507. The normalized spacial score (nSPS) is 48.5. The van der Waals surface area contributed by atoms with E-state index in [1.54, 1.807) is 0 Å². The van der Waals surface area contributed by atoms with Crippen molar-refractivity contribution in [3.63, 3.8) is 0 Å². The molecule has 0 saturated heterocycles. The third-order valence-corrected chi connectivity index (χ3v) is 9.40. The smallest absolute Gasteiger partial charge is 0.150 e. The maximum atomic E-state index is 10.8. The van der Waals surface area contributed by atoms with Gasteiger partial charge in [-0.2, -0.15) is 0 Å². The second-order valence-electron chi connectivity index (χ2n) is 5.77. The molecule has 0 amide bonds. The van der Waals surface area contributed by atoms with Gasteiger partial charge < -0.3 is 5.11 Å². The van der Waals surface area contributed by atoms with Crippen molar-refractivity contribution in [2.75, 3.05) is 0 Å². The predicted octanol–water partition coefficient (Wildman–Crippen LogP) is 4.31. The monoisotopic (exact) mass is 286 g/mol. The minimum absolute atomic E-state index is 0.0928. The van der Waals surface area contributed by atoms with Gasteiger partial charge in [-0.1, -0.05) is 55.1 Å². The molecule has 2 fully saturated rings. The highest BCUT2D eigenvalue weighted by Gasteiger charge is 2.72. The molecule has 1 N–H and O–H groups in total. The zero-order valence-corrected chi connectivity index (χ0v) is 12.5. The van der Waals surface area contributed by atoms with Crippen LogP contribution in [-0.2, 0) is 11.8 Å². The molecule has 0 aliphatic heterocycles. The highest BCUT2D eigenvalue weighted by atomic mass is 35.9. The van der Waals surface area contributed by atoms with E-state index in [1.165, 1.54) is 0 Å². The van der Waals surface area contributed by atoms with Crippen LogP contribution in [0.5, 0.6) is 0 Å². The fraction of sp³-hybridized carbons (Fsp3) is 1.00. The molecule has 0 aromatic rings. The minimum Gasteiger partial charge on any atom is -0.382 e. The van der Waals surface area contributed by atoms with Crippen molar-refractivity contribution in [1.29, 1.82) is 0 Å². The Hall–Kier alpha value is 1.19. The van der Waals surface area contributed by atoms with E-state index < -0.39 is 10.1 Å². The zero-order chi connectivity index (χ0) is 11.7. The van der Waals surface area contributed by atoms with Crippen LogP contribution < -0.4 is 0 Å². The lowest BCUT2D eigenvalue weighted by Gasteiger charge is -2.46. The molecular formula is C10H17Cl2OPS. The molecular weight excluding hydrogens is 270 g/mol. The SMILES string of the molecule is CC1(C)C2CCC1(C)C(O)(P(=S)(Cl)Cl)C2. The van der Waals surface area contributed by atoms with E-state index in [4.69, 9.17) is 34.3 Å². The number of hydrogen-bond acceptors (Lipinski definition) is 2. The lowest BCUT2D eigenvalue weighted by molar-refractivity contribution is -0.0189. The third-order valence-electron chi connectivity index (χ3n) is 5.28. The molecule has 1 nitrogen and oxygen atoms in total. The summed E-state index contributed by atoms with van der Waals surface area (Å²) in [5.41, 5.74) is -0.126. The topological polar surface area (TPSA) is 20.2 Å². The molecule has 0 radical (unpaired) electrons. The first-order valence-electron chi connectivity index (χ1n) is 5.28. The maximum absolute atomic E-state index is 10.8. The summed E-state index contributed by atoms with van der Waals surface area (Å²) in [4.78, 5) is 0. The molecule has 2 bridgehead atoms. The molecule has 0 aromatic heterocycles. The van der Waals surface area contributed by atoms with Gasteiger partial charge in [-0.3, -0.25) is 0 Å². The number of aliphatic hydroxyl groups is 1. The molecule has 2 aliphatic rings. The van der Waals surface area contributed by atoms with E-state index in [0.717, 1.165) is 12.8 Å². The highest BCUT2D eigenvalue weighted by Crippen LogP contribution is 2.83. The molecule has 5 heteroatoms. The summed E-state index contributed by atoms with van der Waals surface area (Å²) in [6.45, 7) is 6.52. The number of hydrogen-bond donors (Lipinski definition) is 1. The van der Waals surface area contributed by atoms with Crippen molar-refractivity contribution in [1.82, 2.24) is 0 Å². The first-order valence-corrected chi connectivity index (χ1v) is 9.89. The highest BCUT2D eigenvalue weighted by molar-refractivity contribution is 8.39. The summed E-state index contributed by atoms with van der Waals surface area (Å²) >= 11 is 17.5. The van der Waals surface area contributed by atoms with Crippen molar-refractivity contribution in [3.8, 4) is 0 Å². The Morgan fingerprint density at radius 2 is 1.87 bits per heavy atom. The van der Waals surface area contributed by atoms with Crippen molar-refractivity contribution in [2.45, 2.75) is 45.4 Å². The Balaban J connectivity index is 2.55. The average molecular weight is 287 g/mol. The van der Waals surface area contributed by atoms with Crippen molar-refractivity contribution in [3.05, 3.63) is 0 Å². The Kier molecular flexibility index (Phi) is 2.65. The Labute approximate surface area is 106 Å². The second-order valence-corrected chi connectivity index (χ2v) is 13.8. The van der Waals surface area contributed by atoms with E-state index in [2.05, 4.69) is 20.8 Å². The van der Waals surface area contributed by atoms with E-state index in [0.29, 0.717) is 12.3 Å². The molecule has 15 heavy (non-hydrogen) atoms. The third kappa shape index (κ3) is 1.29. The summed E-state index contributed by atoms with van der Waals surface area (Å²) in [5, 5.41) is 9.77. The van der Waals surface area contributed by atoms with E-state index in [1.807, 2.05) is 0 Å². The van der Waals surface area contributed by atoms with Gasteiger partial charge in [-0.25, -0.2) is 0 Å². The first-order chi connectivity index (χ1) is 6.56. The van der Waals surface area contributed by atoms with E-state index in [9.17, 15) is 5.11 Å². The van der Waals surface area contributed by atoms with Crippen molar-refractivity contribution >= 4 is 39.0 Å². The number of halogens is 2. The van der Waals surface area contributed by atoms with Crippen LogP contribution in [0.2, 0.25) is 0 Å². The standard InChI is InChI=1S/C10H17Cl2OPS/c1-8(2)7-4-5-9(8,3)10(13,6-7)14(11,12)15/h7,13H,4-6H2,1-3H3. The van der Waals surface area contributed by atoms with Crippen LogP contribution in [0, 0.1) is 16.7 Å². The van der Waals surface area contributed by atoms with Gasteiger partial charge in [-0.05, 0) is 30.6 Å². The number of rotatable bonds is 1. The molecule has 2 aliphatic carbocycles. The molecule has 3 atom stereocenters. The van der Waals surface area contributed by atoms with Crippen LogP contribution in [0.25, 0.3) is 0 Å². The van der Waals surface area contributed by atoms with Crippen molar-refractivity contribution < 1.29 is 5.11 Å². The quantitative estimate of drug-likeness (QED) is 0.725. The van der Waals surface area contributed by atoms with Gasteiger partial charge in [0, 0.05) is 5.41 Å². The molecule has 2 saturated carbocycles. The first kappa shape index (κ1) is 12.6. The van der Waals surface area contributed by atoms with Gasteiger partial charge in [0.15, 0.2) is 0 Å². The minimum atomic E-state index is -2.68. The van der Waals surface area contributed by atoms with Crippen molar-refractivity contribution in [2.24, 2.45) is 16.7 Å². The lowest BCUT2D eigenvalue weighted by Crippen LogP contribution is -2.45. The van der Waals surface area contributed by atoms with Crippen LogP contribution in [-0.4, -0.2) is 10.4 Å². The lowest BCUT2D eigenvalue weighted by atomic mass is 9.69. The fourth-order valence-corrected chi connectivity index (χ4v) is 7.40. The largest absolute Gasteiger partial charge is 0.382 e. The van der Waals surface area contributed by atoms with Crippen LogP contribution in [0.3, 0.4) is 0 Å². The maximum Gasteiger partial charge on any atom is 0.150 e. The fourth-order valence-electron chi connectivity index (χ4n) is 3.63. The Morgan fingerprint density at radius 1 is 1.33 bits per heavy atom. The van der Waals surface area contributed by atoms with Crippen LogP contribution >= 0.6 is 27.2 Å². The second kappa shape index (κ2) is 3.14. The van der Waals surface area contributed by atoms with Gasteiger partial charge in [0.2, 0.25) is 0 Å². The zero-order valence-electron chi connectivity index (χ0n) is 9.26. The Bertz CT molecular complexity index is 353. The number of fused-ring (bicyclic) bond motifs is 2. The summed E-state index contributed by atoms with van der Waals surface area (Å²) in [6, 6.07) is 0. The van der Waals surface area contributed by atoms with Gasteiger partial charge in [-0.15, -0.1) is 0 Å². The molecule has 0 heterocycles. The summed E-state index contributed by atoms with van der Waals surface area (Å²) < 4.78 is -2.68. The summed E-state index contributed by atoms with van der Waals surface area (Å²) in [6.07, 6.45) is 2.83. The molecule has 0 spiro atoms. The van der Waals surface area contributed by atoms with Crippen LogP contribution in [0.4, 0.5) is 0 Å². The van der Waals surface area contributed by atoms with Crippen LogP contribution in [0.15, 0.2) is 0 Å². The molecule has 0 aromatic carbocycles. The van der Waals surface area contributed by atoms with Gasteiger partial charge in [0.1, 0.15) is 10.1 Å².